The average Bonchev–Trinajstić information content (AvgIpc) is 2.28. The van der Waals surface area contributed by atoms with Crippen molar-refractivity contribution in [2.75, 3.05) is 20.1 Å². The Labute approximate surface area is 102 Å². The molecule has 0 bridgehead atoms. The monoisotopic (exact) mass is 223 g/mol. The van der Waals surface area contributed by atoms with Crippen LogP contribution in [0.1, 0.15) is 51.4 Å². The minimum Gasteiger partial charge on any atom is -0.306 e. The Bertz CT molecular complexity index is 145. The summed E-state index contributed by atoms with van der Waals surface area (Å²) >= 11 is 0. The number of allylic oxidation sites excluding steroid dienone is 2. The molecule has 0 heterocycles. The fraction of sp³-hybridized carbons (Fsp3) is 0.733. The quantitative estimate of drug-likeness (QED) is 0.350. The second-order valence-corrected chi connectivity index (χ2v) is 4.58. The van der Waals surface area contributed by atoms with Crippen LogP contribution in [0.2, 0.25) is 0 Å². The minimum atomic E-state index is 1.17. The van der Waals surface area contributed by atoms with Gasteiger partial charge in [-0.3, -0.25) is 0 Å². The summed E-state index contributed by atoms with van der Waals surface area (Å²) in [6.07, 6.45) is 14.3. The first kappa shape index (κ1) is 15.4. The van der Waals surface area contributed by atoms with Crippen LogP contribution in [0.3, 0.4) is 0 Å². The van der Waals surface area contributed by atoms with Crippen molar-refractivity contribution in [3.05, 3.63) is 25.3 Å². The molecule has 0 aliphatic carbocycles. The highest BCUT2D eigenvalue weighted by Crippen LogP contribution is 2.04. The van der Waals surface area contributed by atoms with Crippen LogP contribution in [0.15, 0.2) is 25.3 Å². The summed E-state index contributed by atoms with van der Waals surface area (Å²) in [5.41, 5.74) is 0. The standard InChI is InChI=1S/C15H29N/c1-4-6-8-10-12-14-16(3)15-13-11-9-7-5-2/h4-5H,1-2,6-15H2,3H3. The van der Waals surface area contributed by atoms with Gasteiger partial charge in [0.25, 0.3) is 0 Å². The molecule has 0 aromatic carbocycles. The van der Waals surface area contributed by atoms with Gasteiger partial charge in [0.2, 0.25) is 0 Å². The van der Waals surface area contributed by atoms with Gasteiger partial charge in [0, 0.05) is 0 Å². The molecular weight excluding hydrogens is 194 g/mol. The van der Waals surface area contributed by atoms with Crippen LogP contribution in [-0.2, 0) is 0 Å². The lowest BCUT2D eigenvalue weighted by molar-refractivity contribution is 0.316. The fourth-order valence-electron chi connectivity index (χ4n) is 1.81. The summed E-state index contributed by atoms with van der Waals surface area (Å²) < 4.78 is 0. The first-order valence-corrected chi connectivity index (χ1v) is 6.71. The highest BCUT2D eigenvalue weighted by molar-refractivity contribution is 4.66. The van der Waals surface area contributed by atoms with Crippen LogP contribution in [0.5, 0.6) is 0 Å². The maximum absolute atomic E-state index is 3.74. The lowest BCUT2D eigenvalue weighted by atomic mass is 10.1. The largest absolute Gasteiger partial charge is 0.306 e. The van der Waals surface area contributed by atoms with E-state index in [1.807, 2.05) is 12.2 Å². The molecule has 0 radical (unpaired) electrons. The molecule has 0 amide bonds. The Morgan fingerprint density at radius 3 is 1.56 bits per heavy atom. The molecule has 16 heavy (non-hydrogen) atoms. The van der Waals surface area contributed by atoms with Gasteiger partial charge >= 0.3 is 0 Å². The second kappa shape index (κ2) is 12.5. The Morgan fingerprint density at radius 2 is 1.19 bits per heavy atom. The van der Waals surface area contributed by atoms with Gasteiger partial charge in [-0.05, 0) is 58.7 Å². The smallest absolute Gasteiger partial charge is 0.00218 e. The number of nitrogens with zero attached hydrogens (tertiary/aromatic N) is 1. The van der Waals surface area contributed by atoms with E-state index in [1.165, 1.54) is 64.5 Å². The number of hydrogen-bond donors (Lipinski definition) is 0. The molecule has 0 aromatic rings. The molecule has 0 aliphatic rings. The summed E-state index contributed by atoms with van der Waals surface area (Å²) in [6, 6.07) is 0. The van der Waals surface area contributed by atoms with E-state index in [9.17, 15) is 0 Å². The number of hydrogen-bond acceptors (Lipinski definition) is 1. The van der Waals surface area contributed by atoms with E-state index < -0.39 is 0 Å². The molecule has 0 atom stereocenters. The van der Waals surface area contributed by atoms with Gasteiger partial charge < -0.3 is 4.90 Å². The zero-order chi connectivity index (χ0) is 12.1. The summed E-state index contributed by atoms with van der Waals surface area (Å²) in [7, 11) is 2.24. The van der Waals surface area contributed by atoms with Gasteiger partial charge in [-0.1, -0.05) is 25.0 Å². The first-order chi connectivity index (χ1) is 7.81. The van der Waals surface area contributed by atoms with Crippen molar-refractivity contribution in [1.82, 2.24) is 4.90 Å². The van der Waals surface area contributed by atoms with Crippen molar-refractivity contribution in [3.63, 3.8) is 0 Å². The normalized spacial score (nSPS) is 10.6. The number of unbranched alkanes of at least 4 members (excludes halogenated alkanes) is 6. The third-order valence-corrected chi connectivity index (χ3v) is 2.90. The highest BCUT2D eigenvalue weighted by Gasteiger charge is 1.97. The number of rotatable bonds is 12. The Kier molecular flexibility index (Phi) is 12.1. The van der Waals surface area contributed by atoms with E-state index in [4.69, 9.17) is 0 Å². The van der Waals surface area contributed by atoms with Crippen molar-refractivity contribution >= 4 is 0 Å². The zero-order valence-corrected chi connectivity index (χ0v) is 11.1. The van der Waals surface area contributed by atoms with Gasteiger partial charge in [0.15, 0.2) is 0 Å². The van der Waals surface area contributed by atoms with E-state index in [-0.39, 0.29) is 0 Å². The van der Waals surface area contributed by atoms with Crippen molar-refractivity contribution in [2.24, 2.45) is 0 Å². The maximum Gasteiger partial charge on any atom is -0.00218 e. The summed E-state index contributed by atoms with van der Waals surface area (Å²) in [5, 5.41) is 0. The van der Waals surface area contributed by atoms with Crippen molar-refractivity contribution in [1.29, 1.82) is 0 Å². The van der Waals surface area contributed by atoms with E-state index in [2.05, 4.69) is 25.1 Å². The van der Waals surface area contributed by atoms with E-state index in [0.717, 1.165) is 0 Å². The molecular formula is C15H29N. The Balaban J connectivity index is 3.14. The molecule has 94 valence electrons. The van der Waals surface area contributed by atoms with Crippen molar-refractivity contribution in [3.8, 4) is 0 Å². The third kappa shape index (κ3) is 11.5. The van der Waals surface area contributed by atoms with Crippen LogP contribution in [0.4, 0.5) is 0 Å². The van der Waals surface area contributed by atoms with Crippen LogP contribution in [0, 0.1) is 0 Å². The molecule has 0 rings (SSSR count). The molecule has 0 saturated carbocycles. The highest BCUT2D eigenvalue weighted by atomic mass is 15.1. The average molecular weight is 223 g/mol. The predicted molar refractivity (Wildman–Crippen MR) is 74.8 cm³/mol. The maximum atomic E-state index is 3.74. The second-order valence-electron chi connectivity index (χ2n) is 4.58. The lowest BCUT2D eigenvalue weighted by Gasteiger charge is -2.15. The topological polar surface area (TPSA) is 3.24 Å². The summed E-state index contributed by atoms with van der Waals surface area (Å²) in [4.78, 5) is 2.46. The summed E-state index contributed by atoms with van der Waals surface area (Å²) in [6.45, 7) is 9.98. The summed E-state index contributed by atoms with van der Waals surface area (Å²) in [5.74, 6) is 0. The molecule has 0 fully saturated rings. The van der Waals surface area contributed by atoms with Gasteiger partial charge in [-0.25, -0.2) is 0 Å². The van der Waals surface area contributed by atoms with Gasteiger partial charge in [0.1, 0.15) is 0 Å². The van der Waals surface area contributed by atoms with Crippen molar-refractivity contribution in [2.45, 2.75) is 51.4 Å². The lowest BCUT2D eigenvalue weighted by Crippen LogP contribution is -2.20. The Morgan fingerprint density at radius 1 is 0.750 bits per heavy atom. The fourth-order valence-corrected chi connectivity index (χ4v) is 1.81. The van der Waals surface area contributed by atoms with E-state index in [0.29, 0.717) is 0 Å². The predicted octanol–water partition coefficient (Wildman–Crippen LogP) is 4.41. The van der Waals surface area contributed by atoms with E-state index >= 15 is 0 Å². The third-order valence-electron chi connectivity index (χ3n) is 2.90. The van der Waals surface area contributed by atoms with E-state index in [1.54, 1.807) is 0 Å². The van der Waals surface area contributed by atoms with Crippen LogP contribution >= 0.6 is 0 Å². The zero-order valence-electron chi connectivity index (χ0n) is 11.1. The SMILES string of the molecule is C=CCCCCCN(C)CCCCCC=C. The molecule has 0 spiro atoms. The van der Waals surface area contributed by atoms with Gasteiger partial charge in [-0.2, -0.15) is 0 Å². The Hall–Kier alpha value is -0.560. The molecule has 0 aliphatic heterocycles. The van der Waals surface area contributed by atoms with Crippen molar-refractivity contribution < 1.29 is 0 Å². The molecule has 1 nitrogen and oxygen atoms in total. The molecule has 0 N–H and O–H groups in total. The first-order valence-electron chi connectivity index (χ1n) is 6.71. The molecule has 0 aromatic heterocycles. The minimum absolute atomic E-state index is 1.17. The molecule has 0 unspecified atom stereocenters. The van der Waals surface area contributed by atoms with Gasteiger partial charge in [0.05, 0.1) is 0 Å². The van der Waals surface area contributed by atoms with Gasteiger partial charge in [-0.15, -0.1) is 13.2 Å². The molecule has 1 heteroatoms. The molecule has 0 saturated heterocycles. The van der Waals surface area contributed by atoms with Crippen LogP contribution in [0.25, 0.3) is 0 Å². The van der Waals surface area contributed by atoms with Crippen LogP contribution < -0.4 is 0 Å². The van der Waals surface area contributed by atoms with Crippen LogP contribution in [-0.4, -0.2) is 25.0 Å².